The number of halogens is 4. The van der Waals surface area contributed by atoms with E-state index in [0.29, 0.717) is 0 Å². The highest BCUT2D eigenvalue weighted by molar-refractivity contribution is 5.26. The van der Waals surface area contributed by atoms with E-state index in [-0.39, 0.29) is 5.56 Å². The van der Waals surface area contributed by atoms with E-state index < -0.39 is 17.5 Å². The minimum absolute atomic E-state index is 0.0149. The van der Waals surface area contributed by atoms with E-state index in [2.05, 4.69) is 5.32 Å². The maximum atomic E-state index is 12.7. The van der Waals surface area contributed by atoms with Crippen LogP contribution in [0.1, 0.15) is 12.5 Å². The maximum Gasteiger partial charge on any atom is 0.410 e. The van der Waals surface area contributed by atoms with Crippen molar-refractivity contribution in [2.75, 3.05) is 7.05 Å². The van der Waals surface area contributed by atoms with Gasteiger partial charge in [-0.05, 0) is 31.7 Å². The van der Waals surface area contributed by atoms with Gasteiger partial charge >= 0.3 is 6.18 Å². The molecule has 1 unspecified atom stereocenters. The Hall–Kier alpha value is -1.10. The summed E-state index contributed by atoms with van der Waals surface area (Å²) in [5.41, 5.74) is -2.17. The number of nitrogens with one attached hydrogen (secondary N) is 1. The van der Waals surface area contributed by atoms with Crippen molar-refractivity contribution >= 4 is 0 Å². The van der Waals surface area contributed by atoms with Crippen molar-refractivity contribution in [1.29, 1.82) is 0 Å². The molecule has 0 heterocycles. The highest BCUT2D eigenvalue weighted by atomic mass is 19.4. The largest absolute Gasteiger partial charge is 0.410 e. The number of rotatable bonds is 2. The van der Waals surface area contributed by atoms with Gasteiger partial charge in [-0.15, -0.1) is 0 Å². The zero-order valence-corrected chi connectivity index (χ0v) is 8.32. The summed E-state index contributed by atoms with van der Waals surface area (Å²) < 4.78 is 50.8. The van der Waals surface area contributed by atoms with E-state index in [1.165, 1.54) is 7.05 Å². The predicted molar refractivity (Wildman–Crippen MR) is 48.9 cm³/mol. The molecule has 0 saturated heterocycles. The summed E-state index contributed by atoms with van der Waals surface area (Å²) in [6.07, 6.45) is -4.43. The van der Waals surface area contributed by atoms with Crippen LogP contribution < -0.4 is 5.32 Å². The molecule has 1 aromatic carbocycles. The Bertz CT molecular complexity index is 330. The van der Waals surface area contributed by atoms with Gasteiger partial charge in [-0.25, -0.2) is 4.39 Å². The SMILES string of the molecule is CNC(C)(c1ccc(F)cc1)C(F)(F)F. The van der Waals surface area contributed by atoms with Crippen molar-refractivity contribution in [2.24, 2.45) is 0 Å². The second-order valence-electron chi connectivity index (χ2n) is 3.38. The first-order valence-electron chi connectivity index (χ1n) is 4.33. The lowest BCUT2D eigenvalue weighted by molar-refractivity contribution is -0.193. The summed E-state index contributed by atoms with van der Waals surface area (Å²) in [6, 6.07) is 4.27. The topological polar surface area (TPSA) is 12.0 Å². The van der Waals surface area contributed by atoms with E-state index in [9.17, 15) is 17.6 Å². The first kappa shape index (κ1) is 12.0. The van der Waals surface area contributed by atoms with E-state index in [1.807, 2.05) is 0 Å². The molecule has 0 aliphatic heterocycles. The first-order valence-corrected chi connectivity index (χ1v) is 4.33. The molecule has 15 heavy (non-hydrogen) atoms. The second kappa shape index (κ2) is 3.81. The molecule has 84 valence electrons. The van der Waals surface area contributed by atoms with Gasteiger partial charge in [0, 0.05) is 0 Å². The summed E-state index contributed by atoms with van der Waals surface area (Å²) in [5, 5.41) is 2.21. The fourth-order valence-corrected chi connectivity index (χ4v) is 1.23. The fourth-order valence-electron chi connectivity index (χ4n) is 1.23. The Morgan fingerprint density at radius 3 is 1.87 bits per heavy atom. The smallest absolute Gasteiger partial charge is 0.303 e. The lowest BCUT2D eigenvalue weighted by Gasteiger charge is -2.32. The van der Waals surface area contributed by atoms with Crippen molar-refractivity contribution in [3.8, 4) is 0 Å². The summed E-state index contributed by atoms with van der Waals surface area (Å²) >= 11 is 0. The molecule has 0 aliphatic rings. The molecule has 1 rings (SSSR count). The van der Waals surface area contributed by atoms with Crippen molar-refractivity contribution in [3.63, 3.8) is 0 Å². The summed E-state index contributed by atoms with van der Waals surface area (Å²) in [4.78, 5) is 0. The molecule has 0 radical (unpaired) electrons. The molecule has 0 bridgehead atoms. The molecule has 1 aromatic rings. The van der Waals surface area contributed by atoms with Gasteiger partial charge in [-0.2, -0.15) is 13.2 Å². The van der Waals surface area contributed by atoms with Crippen molar-refractivity contribution in [2.45, 2.75) is 18.6 Å². The molecule has 0 amide bonds. The molecule has 0 aliphatic carbocycles. The molecule has 0 spiro atoms. The highest BCUT2D eigenvalue weighted by Crippen LogP contribution is 2.38. The summed E-state index contributed by atoms with van der Waals surface area (Å²) in [7, 11) is 1.22. The fraction of sp³-hybridized carbons (Fsp3) is 0.400. The van der Waals surface area contributed by atoms with Crippen molar-refractivity contribution in [3.05, 3.63) is 35.6 Å². The third-order valence-corrected chi connectivity index (χ3v) is 2.49. The Kier molecular flexibility index (Phi) is 3.04. The van der Waals surface area contributed by atoms with Crippen LogP contribution >= 0.6 is 0 Å². The van der Waals surface area contributed by atoms with Crippen molar-refractivity contribution in [1.82, 2.24) is 5.32 Å². The second-order valence-corrected chi connectivity index (χ2v) is 3.38. The van der Waals surface area contributed by atoms with Crippen LogP contribution in [0.4, 0.5) is 17.6 Å². The average molecular weight is 221 g/mol. The molecule has 0 fully saturated rings. The molecule has 0 aromatic heterocycles. The molecule has 1 atom stereocenters. The van der Waals surface area contributed by atoms with Gasteiger partial charge < -0.3 is 5.32 Å². The Morgan fingerprint density at radius 2 is 1.53 bits per heavy atom. The third-order valence-electron chi connectivity index (χ3n) is 2.49. The number of hydrogen-bond acceptors (Lipinski definition) is 1. The number of hydrogen-bond donors (Lipinski definition) is 1. The van der Waals surface area contributed by atoms with Crippen molar-refractivity contribution < 1.29 is 17.6 Å². The quantitative estimate of drug-likeness (QED) is 0.757. The minimum Gasteiger partial charge on any atom is -0.303 e. The van der Waals surface area contributed by atoms with Crippen LogP contribution in [0.3, 0.4) is 0 Å². The van der Waals surface area contributed by atoms with Gasteiger partial charge in [0.2, 0.25) is 0 Å². The Balaban J connectivity index is 3.18. The van der Waals surface area contributed by atoms with E-state index in [0.717, 1.165) is 31.2 Å². The van der Waals surface area contributed by atoms with Gasteiger partial charge in [-0.1, -0.05) is 12.1 Å². The van der Waals surface area contributed by atoms with E-state index >= 15 is 0 Å². The number of alkyl halides is 3. The highest BCUT2D eigenvalue weighted by Gasteiger charge is 2.51. The van der Waals surface area contributed by atoms with Crippen LogP contribution in [0.5, 0.6) is 0 Å². The minimum atomic E-state index is -4.43. The molecule has 1 nitrogen and oxygen atoms in total. The normalized spacial score (nSPS) is 16.1. The van der Waals surface area contributed by atoms with Crippen LogP contribution in [-0.2, 0) is 5.54 Å². The zero-order chi connectivity index (χ0) is 11.7. The number of benzene rings is 1. The summed E-state index contributed by atoms with van der Waals surface area (Å²) in [5.74, 6) is -0.556. The maximum absolute atomic E-state index is 12.7. The summed E-state index contributed by atoms with van der Waals surface area (Å²) in [6.45, 7) is 1.01. The van der Waals surface area contributed by atoms with Gasteiger partial charge in [0.25, 0.3) is 0 Å². The molecular formula is C10H11F4N. The van der Waals surface area contributed by atoms with Gasteiger partial charge in [0.05, 0.1) is 0 Å². The lowest BCUT2D eigenvalue weighted by atomic mass is 9.91. The van der Waals surface area contributed by atoms with Gasteiger partial charge in [0.1, 0.15) is 11.4 Å². The lowest BCUT2D eigenvalue weighted by Crippen LogP contribution is -2.49. The Morgan fingerprint density at radius 1 is 1.07 bits per heavy atom. The van der Waals surface area contributed by atoms with E-state index in [1.54, 1.807) is 0 Å². The average Bonchev–Trinajstić information content (AvgIpc) is 2.16. The van der Waals surface area contributed by atoms with Gasteiger partial charge in [-0.3, -0.25) is 0 Å². The molecule has 1 N–H and O–H groups in total. The molecule has 0 saturated carbocycles. The third kappa shape index (κ3) is 2.12. The zero-order valence-electron chi connectivity index (χ0n) is 8.32. The van der Waals surface area contributed by atoms with Crippen LogP contribution in [0.2, 0.25) is 0 Å². The van der Waals surface area contributed by atoms with E-state index in [4.69, 9.17) is 0 Å². The Labute approximate surface area is 85.1 Å². The molecule has 5 heteroatoms. The van der Waals surface area contributed by atoms with Crippen LogP contribution in [0.25, 0.3) is 0 Å². The predicted octanol–water partition coefficient (Wildman–Crippen LogP) is 2.82. The monoisotopic (exact) mass is 221 g/mol. The van der Waals surface area contributed by atoms with Crippen LogP contribution in [-0.4, -0.2) is 13.2 Å². The van der Waals surface area contributed by atoms with Crippen LogP contribution in [0, 0.1) is 5.82 Å². The first-order chi connectivity index (χ1) is 6.81. The molecular weight excluding hydrogens is 210 g/mol. The standard InChI is InChI=1S/C10H11F4N/c1-9(15-2,10(12,13)14)7-3-5-8(11)6-4-7/h3-6,15H,1-2H3. The van der Waals surface area contributed by atoms with Gasteiger partial charge in [0.15, 0.2) is 0 Å². The van der Waals surface area contributed by atoms with Crippen LogP contribution in [0.15, 0.2) is 24.3 Å².